The second kappa shape index (κ2) is 4.53. The van der Waals surface area contributed by atoms with Gasteiger partial charge in [0.05, 0.1) is 6.61 Å². The summed E-state index contributed by atoms with van der Waals surface area (Å²) in [7, 11) is 0. The fourth-order valence-electron chi connectivity index (χ4n) is 1.57. The van der Waals surface area contributed by atoms with Gasteiger partial charge in [-0.3, -0.25) is 0 Å². The van der Waals surface area contributed by atoms with Gasteiger partial charge in [0.1, 0.15) is 5.82 Å². The van der Waals surface area contributed by atoms with E-state index in [9.17, 15) is 9.50 Å². The Bertz CT molecular complexity index is 303. The van der Waals surface area contributed by atoms with Crippen LogP contribution < -0.4 is 5.73 Å². The van der Waals surface area contributed by atoms with Crippen molar-refractivity contribution in [1.82, 2.24) is 0 Å². The second-order valence-electron chi connectivity index (χ2n) is 3.74. The zero-order chi connectivity index (χ0) is 10.6. The molecule has 0 aliphatic rings. The zero-order valence-electron chi connectivity index (χ0n) is 8.33. The molecule has 0 spiro atoms. The summed E-state index contributed by atoms with van der Waals surface area (Å²) in [6.45, 7) is 2.16. The minimum atomic E-state index is -0.569. The number of halogens is 1. The van der Waals surface area contributed by atoms with E-state index >= 15 is 0 Å². The highest BCUT2D eigenvalue weighted by molar-refractivity contribution is 5.26. The maximum Gasteiger partial charge on any atom is 0.127 e. The van der Waals surface area contributed by atoms with E-state index in [0.29, 0.717) is 18.5 Å². The molecule has 0 saturated carbocycles. The molecular weight excluding hydrogens is 181 g/mol. The van der Waals surface area contributed by atoms with E-state index in [1.54, 1.807) is 18.2 Å². The van der Waals surface area contributed by atoms with Crippen LogP contribution in [0.25, 0.3) is 0 Å². The van der Waals surface area contributed by atoms with Gasteiger partial charge in [0, 0.05) is 5.41 Å². The van der Waals surface area contributed by atoms with Crippen LogP contribution in [0.5, 0.6) is 0 Å². The number of hydrogen-bond acceptors (Lipinski definition) is 2. The first-order valence-electron chi connectivity index (χ1n) is 4.70. The highest BCUT2D eigenvalue weighted by Crippen LogP contribution is 2.28. The summed E-state index contributed by atoms with van der Waals surface area (Å²) in [5.74, 6) is -0.280. The average Bonchev–Trinajstić information content (AvgIpc) is 2.18. The molecule has 1 atom stereocenters. The van der Waals surface area contributed by atoms with Crippen LogP contribution in [0.1, 0.15) is 18.9 Å². The molecule has 0 amide bonds. The van der Waals surface area contributed by atoms with Gasteiger partial charge in [-0.2, -0.15) is 0 Å². The van der Waals surface area contributed by atoms with Gasteiger partial charge >= 0.3 is 0 Å². The Balaban J connectivity index is 3.05. The van der Waals surface area contributed by atoms with Gasteiger partial charge in [-0.05, 0) is 24.6 Å². The molecule has 0 bridgehead atoms. The van der Waals surface area contributed by atoms with Crippen molar-refractivity contribution in [2.75, 3.05) is 13.2 Å². The quantitative estimate of drug-likeness (QED) is 0.767. The van der Waals surface area contributed by atoms with Crippen LogP contribution >= 0.6 is 0 Å². The zero-order valence-corrected chi connectivity index (χ0v) is 8.33. The van der Waals surface area contributed by atoms with Crippen LogP contribution in [0, 0.1) is 5.82 Å². The molecular formula is C11H16FNO. The lowest BCUT2D eigenvalue weighted by Crippen LogP contribution is -2.30. The highest BCUT2D eigenvalue weighted by atomic mass is 19.1. The molecule has 78 valence electrons. The van der Waals surface area contributed by atoms with E-state index in [0.717, 1.165) is 0 Å². The molecule has 0 saturated heterocycles. The largest absolute Gasteiger partial charge is 0.395 e. The predicted octanol–water partition coefficient (Wildman–Crippen LogP) is 1.42. The summed E-state index contributed by atoms with van der Waals surface area (Å²) < 4.78 is 13.4. The third-order valence-corrected chi connectivity index (χ3v) is 2.57. The fraction of sp³-hybridized carbons (Fsp3) is 0.455. The van der Waals surface area contributed by atoms with Crippen molar-refractivity contribution < 1.29 is 9.50 Å². The SMILES string of the molecule is CC(CO)(CCN)c1ccccc1F. The third kappa shape index (κ3) is 2.11. The predicted molar refractivity (Wildman–Crippen MR) is 54.5 cm³/mol. The molecule has 2 nitrogen and oxygen atoms in total. The van der Waals surface area contributed by atoms with E-state index in [-0.39, 0.29) is 12.4 Å². The Morgan fingerprint density at radius 1 is 1.43 bits per heavy atom. The summed E-state index contributed by atoms with van der Waals surface area (Å²) in [4.78, 5) is 0. The first-order valence-corrected chi connectivity index (χ1v) is 4.70. The number of rotatable bonds is 4. The van der Waals surface area contributed by atoms with Gasteiger partial charge in [-0.1, -0.05) is 25.1 Å². The number of nitrogens with two attached hydrogens (primary N) is 1. The van der Waals surface area contributed by atoms with Gasteiger partial charge in [-0.15, -0.1) is 0 Å². The number of aliphatic hydroxyl groups is 1. The van der Waals surface area contributed by atoms with Crippen molar-refractivity contribution in [2.45, 2.75) is 18.8 Å². The van der Waals surface area contributed by atoms with Crippen molar-refractivity contribution in [3.05, 3.63) is 35.6 Å². The summed E-state index contributed by atoms with van der Waals surface area (Å²) >= 11 is 0. The average molecular weight is 197 g/mol. The minimum Gasteiger partial charge on any atom is -0.395 e. The molecule has 3 heteroatoms. The molecule has 0 aromatic heterocycles. The number of benzene rings is 1. The Morgan fingerprint density at radius 2 is 2.07 bits per heavy atom. The van der Waals surface area contributed by atoms with Gasteiger partial charge < -0.3 is 10.8 Å². The van der Waals surface area contributed by atoms with Crippen LogP contribution in [0.15, 0.2) is 24.3 Å². The summed E-state index contributed by atoms with van der Waals surface area (Å²) in [5, 5.41) is 9.27. The topological polar surface area (TPSA) is 46.2 Å². The standard InChI is InChI=1S/C11H16FNO/c1-11(8-14,6-7-13)9-4-2-3-5-10(9)12/h2-5,14H,6-8,13H2,1H3. The summed E-state index contributed by atoms with van der Waals surface area (Å²) in [6, 6.07) is 6.50. The van der Waals surface area contributed by atoms with E-state index in [2.05, 4.69) is 0 Å². The minimum absolute atomic E-state index is 0.0921. The van der Waals surface area contributed by atoms with Crippen molar-refractivity contribution in [3.63, 3.8) is 0 Å². The molecule has 14 heavy (non-hydrogen) atoms. The van der Waals surface area contributed by atoms with Crippen molar-refractivity contribution >= 4 is 0 Å². The Hall–Kier alpha value is -0.930. The van der Waals surface area contributed by atoms with Crippen LogP contribution in [0.4, 0.5) is 4.39 Å². The van der Waals surface area contributed by atoms with E-state index in [1.165, 1.54) is 6.07 Å². The Kier molecular flexibility index (Phi) is 3.61. The van der Waals surface area contributed by atoms with Gasteiger partial charge in [-0.25, -0.2) is 4.39 Å². The van der Waals surface area contributed by atoms with Gasteiger partial charge in [0.15, 0.2) is 0 Å². The molecule has 0 aliphatic heterocycles. The lowest BCUT2D eigenvalue weighted by atomic mass is 9.80. The van der Waals surface area contributed by atoms with Gasteiger partial charge in [0.25, 0.3) is 0 Å². The molecule has 1 aromatic carbocycles. The van der Waals surface area contributed by atoms with Crippen molar-refractivity contribution in [1.29, 1.82) is 0 Å². The maximum absolute atomic E-state index is 13.4. The number of hydrogen-bond donors (Lipinski definition) is 2. The van der Waals surface area contributed by atoms with Crippen LogP contribution in [-0.2, 0) is 5.41 Å². The molecule has 3 N–H and O–H groups in total. The maximum atomic E-state index is 13.4. The smallest absolute Gasteiger partial charge is 0.127 e. The van der Waals surface area contributed by atoms with Crippen LogP contribution in [-0.4, -0.2) is 18.3 Å². The fourth-order valence-corrected chi connectivity index (χ4v) is 1.57. The normalized spacial score (nSPS) is 15.1. The van der Waals surface area contributed by atoms with E-state index < -0.39 is 5.41 Å². The summed E-state index contributed by atoms with van der Waals surface area (Å²) in [5.41, 5.74) is 5.41. The van der Waals surface area contributed by atoms with E-state index in [1.807, 2.05) is 6.92 Å². The van der Waals surface area contributed by atoms with Crippen LogP contribution in [0.2, 0.25) is 0 Å². The van der Waals surface area contributed by atoms with Crippen LogP contribution in [0.3, 0.4) is 0 Å². The Morgan fingerprint density at radius 3 is 2.57 bits per heavy atom. The highest BCUT2D eigenvalue weighted by Gasteiger charge is 2.27. The summed E-state index contributed by atoms with van der Waals surface area (Å²) in [6.07, 6.45) is 0.574. The van der Waals surface area contributed by atoms with Crippen molar-refractivity contribution in [3.8, 4) is 0 Å². The molecule has 0 aliphatic carbocycles. The molecule has 1 unspecified atom stereocenters. The molecule has 0 fully saturated rings. The lowest BCUT2D eigenvalue weighted by Gasteiger charge is -2.27. The third-order valence-electron chi connectivity index (χ3n) is 2.57. The molecule has 0 heterocycles. The van der Waals surface area contributed by atoms with E-state index in [4.69, 9.17) is 5.73 Å². The molecule has 1 aromatic rings. The van der Waals surface area contributed by atoms with Gasteiger partial charge in [0.2, 0.25) is 0 Å². The monoisotopic (exact) mass is 197 g/mol. The lowest BCUT2D eigenvalue weighted by molar-refractivity contribution is 0.195. The number of aliphatic hydroxyl groups excluding tert-OH is 1. The van der Waals surface area contributed by atoms with Crippen molar-refractivity contribution in [2.24, 2.45) is 5.73 Å². The second-order valence-corrected chi connectivity index (χ2v) is 3.74. The first-order chi connectivity index (χ1) is 6.64. The first kappa shape index (κ1) is 11.1. The molecule has 0 radical (unpaired) electrons. The molecule has 1 rings (SSSR count). The Labute approximate surface area is 83.6 Å².